The number of likely N-dealkylation sites (N-methyl/N-ethyl adjacent to an activating group) is 1. The summed E-state index contributed by atoms with van der Waals surface area (Å²) in [5.74, 6) is -0.799. The molecule has 10 heteroatoms. The first-order chi connectivity index (χ1) is 46.0. The van der Waals surface area contributed by atoms with Crippen LogP contribution in [0.3, 0.4) is 0 Å². The molecule has 0 rings (SSSR count). The molecule has 0 heterocycles. The average Bonchev–Trinajstić information content (AvgIpc) is 1.56. The molecule has 0 saturated carbocycles. The summed E-state index contributed by atoms with van der Waals surface area (Å²) in [7, 11) is 1.47. The summed E-state index contributed by atoms with van der Waals surface area (Å²) in [6.07, 6.45) is 106. The minimum atomic E-state index is -4.40. The van der Waals surface area contributed by atoms with Crippen molar-refractivity contribution in [2.75, 3.05) is 47.5 Å². The molecule has 94 heavy (non-hydrogen) atoms. The highest BCUT2D eigenvalue weighted by Crippen LogP contribution is 2.43. The van der Waals surface area contributed by atoms with Gasteiger partial charge >= 0.3 is 19.8 Å². The Hall–Kier alpha value is -3.59. The maximum absolute atomic E-state index is 12.9. The van der Waals surface area contributed by atoms with Gasteiger partial charge in [-0.15, -0.1) is 0 Å². The van der Waals surface area contributed by atoms with Gasteiger partial charge in [-0.2, -0.15) is 0 Å². The molecule has 0 radical (unpaired) electrons. The third-order valence-corrected chi connectivity index (χ3v) is 18.0. The van der Waals surface area contributed by atoms with E-state index in [1.807, 2.05) is 21.1 Å². The topological polar surface area (TPSA) is 108 Å². The molecular weight excluding hydrogens is 1180 g/mol. The number of hydrogen-bond acceptors (Lipinski definition) is 7. The zero-order valence-corrected chi connectivity index (χ0v) is 62.8. The van der Waals surface area contributed by atoms with Gasteiger partial charge in [-0.3, -0.25) is 18.6 Å². The third kappa shape index (κ3) is 77.4. The Balaban J connectivity index is 4.04. The molecule has 0 aromatic rings. The van der Waals surface area contributed by atoms with E-state index in [1.165, 1.54) is 205 Å². The van der Waals surface area contributed by atoms with Gasteiger partial charge in [0.2, 0.25) is 0 Å². The number of carbonyl (C=O) groups excluding carboxylic acids is 2. The fourth-order valence-corrected chi connectivity index (χ4v) is 11.8. The van der Waals surface area contributed by atoms with E-state index in [1.54, 1.807) is 0 Å². The Labute approximate surface area is 581 Å². The molecule has 2 atom stereocenters. The van der Waals surface area contributed by atoms with E-state index in [0.717, 1.165) is 109 Å². The number of esters is 2. The zero-order chi connectivity index (χ0) is 68.3. The first-order valence-electron chi connectivity index (χ1n) is 39.3. The molecule has 2 unspecified atom stereocenters. The Morgan fingerprint density at radius 1 is 0.340 bits per heavy atom. The second-order valence-corrected chi connectivity index (χ2v) is 28.8. The molecule has 0 aliphatic heterocycles. The van der Waals surface area contributed by atoms with Gasteiger partial charge in [0.1, 0.15) is 19.8 Å². The average molecular weight is 1330 g/mol. The van der Waals surface area contributed by atoms with Crippen LogP contribution in [0.2, 0.25) is 0 Å². The van der Waals surface area contributed by atoms with E-state index in [0.29, 0.717) is 17.4 Å². The van der Waals surface area contributed by atoms with Crippen molar-refractivity contribution in [3.8, 4) is 0 Å². The van der Waals surface area contributed by atoms with Crippen LogP contribution in [0.15, 0.2) is 122 Å². The lowest BCUT2D eigenvalue weighted by Gasteiger charge is -2.24. The Morgan fingerprint density at radius 3 is 0.904 bits per heavy atom. The van der Waals surface area contributed by atoms with Gasteiger partial charge < -0.3 is 18.9 Å². The Kier molecular flexibility index (Phi) is 70.8. The smallest absolute Gasteiger partial charge is 0.462 e. The van der Waals surface area contributed by atoms with Crippen molar-refractivity contribution in [3.63, 3.8) is 0 Å². The van der Waals surface area contributed by atoms with E-state index >= 15 is 0 Å². The van der Waals surface area contributed by atoms with Crippen LogP contribution >= 0.6 is 7.82 Å². The third-order valence-electron chi connectivity index (χ3n) is 17.0. The van der Waals surface area contributed by atoms with Gasteiger partial charge in [-0.05, 0) is 89.9 Å². The standard InChI is InChI=1S/C84H148NO8P/c1-6-8-10-12-14-16-18-20-22-24-26-28-30-32-34-36-38-39-40-41-42-43-44-45-47-49-51-53-55-57-59-61-63-65-67-69-71-73-75-77-84(87)93-82(81-92-94(88,89)91-79-78-85(3,4)5)80-90-83(86)76-74-72-70-68-66-64-62-60-58-56-54-52-50-48-46-37-35-33-31-29-27-25-23-21-19-17-15-13-11-9-7-2/h8,10,14,16,20,22,26,28,32,34,38-39,41-42,44-45,49,51,55,57,82H,6-7,9,11-13,15,17-19,21,23-25,27,29-31,33,35-37,40,43,46-48,50,52-54,56,58-81H2,1-5H3/p+1/b10-8-,16-14-,22-20-,28-26-,34-32-,39-38-,42-41-,45-44-,51-49-,57-55-. The molecular formula is C84H149NO8P+. The van der Waals surface area contributed by atoms with E-state index in [2.05, 4.69) is 135 Å². The van der Waals surface area contributed by atoms with Crippen LogP contribution in [0, 0.1) is 0 Å². The van der Waals surface area contributed by atoms with Crippen molar-refractivity contribution in [3.05, 3.63) is 122 Å². The van der Waals surface area contributed by atoms with Gasteiger partial charge in [0.15, 0.2) is 6.10 Å². The molecule has 0 amide bonds. The highest BCUT2D eigenvalue weighted by molar-refractivity contribution is 7.47. The quantitative estimate of drug-likeness (QED) is 0.0211. The van der Waals surface area contributed by atoms with Gasteiger partial charge in [-0.1, -0.05) is 367 Å². The summed E-state index contributed by atoms with van der Waals surface area (Å²) in [4.78, 5) is 36.0. The zero-order valence-electron chi connectivity index (χ0n) is 61.9. The van der Waals surface area contributed by atoms with E-state index < -0.39 is 26.5 Å². The molecule has 0 aliphatic carbocycles. The van der Waals surface area contributed by atoms with Gasteiger partial charge in [0.25, 0.3) is 0 Å². The fraction of sp³-hybridized carbons (Fsp3) is 0.738. The number of carbonyl (C=O) groups is 2. The van der Waals surface area contributed by atoms with Gasteiger partial charge in [0.05, 0.1) is 27.7 Å². The molecule has 0 aliphatic rings. The van der Waals surface area contributed by atoms with Crippen LogP contribution in [0.25, 0.3) is 0 Å². The normalized spacial score (nSPS) is 13.7. The Morgan fingerprint density at radius 2 is 0.606 bits per heavy atom. The van der Waals surface area contributed by atoms with Crippen molar-refractivity contribution in [1.82, 2.24) is 0 Å². The molecule has 9 nitrogen and oxygen atoms in total. The minimum Gasteiger partial charge on any atom is -0.462 e. The van der Waals surface area contributed by atoms with Gasteiger partial charge in [0, 0.05) is 12.8 Å². The van der Waals surface area contributed by atoms with Crippen LogP contribution in [0.1, 0.15) is 348 Å². The lowest BCUT2D eigenvalue weighted by atomic mass is 10.0. The maximum Gasteiger partial charge on any atom is 0.472 e. The number of hydrogen-bond donors (Lipinski definition) is 1. The van der Waals surface area contributed by atoms with E-state index in [9.17, 15) is 19.0 Å². The first-order valence-corrected chi connectivity index (χ1v) is 40.8. The van der Waals surface area contributed by atoms with Crippen LogP contribution in [-0.2, 0) is 32.7 Å². The predicted molar refractivity (Wildman–Crippen MR) is 408 cm³/mol. The van der Waals surface area contributed by atoms with Crippen molar-refractivity contribution in [1.29, 1.82) is 0 Å². The summed E-state index contributed by atoms with van der Waals surface area (Å²) in [5, 5.41) is 0. The largest absolute Gasteiger partial charge is 0.472 e. The second kappa shape index (κ2) is 73.7. The molecule has 0 fully saturated rings. The van der Waals surface area contributed by atoms with Crippen molar-refractivity contribution < 1.29 is 42.1 Å². The fourth-order valence-electron chi connectivity index (χ4n) is 11.0. The number of allylic oxidation sites excluding steroid dienone is 20. The highest BCUT2D eigenvalue weighted by Gasteiger charge is 2.27. The molecule has 542 valence electrons. The molecule has 0 aromatic carbocycles. The number of phosphoric acid groups is 1. The number of ether oxygens (including phenoxy) is 2. The lowest BCUT2D eigenvalue weighted by Crippen LogP contribution is -2.37. The number of nitrogens with zero attached hydrogens (tertiary/aromatic N) is 1. The number of phosphoric ester groups is 1. The second-order valence-electron chi connectivity index (χ2n) is 27.4. The minimum absolute atomic E-state index is 0.0264. The van der Waals surface area contributed by atoms with Crippen LogP contribution in [0.4, 0.5) is 0 Å². The molecule has 1 N–H and O–H groups in total. The van der Waals surface area contributed by atoms with E-state index in [4.69, 9.17) is 18.5 Å². The predicted octanol–water partition coefficient (Wildman–Crippen LogP) is 26.2. The number of unbranched alkanes of at least 4 members (excludes halogenated alkanes) is 38. The summed E-state index contributed by atoms with van der Waals surface area (Å²) >= 11 is 0. The molecule has 0 saturated heterocycles. The van der Waals surface area contributed by atoms with E-state index in [-0.39, 0.29) is 32.0 Å². The summed E-state index contributed by atoms with van der Waals surface area (Å²) in [6, 6.07) is 0. The summed E-state index contributed by atoms with van der Waals surface area (Å²) < 4.78 is 34.8. The van der Waals surface area contributed by atoms with Gasteiger partial charge in [-0.25, -0.2) is 4.57 Å². The molecule has 0 bridgehead atoms. The summed E-state index contributed by atoms with van der Waals surface area (Å²) in [5.41, 5.74) is 0. The summed E-state index contributed by atoms with van der Waals surface area (Å²) in [6.45, 7) is 4.35. The Bertz CT molecular complexity index is 2010. The van der Waals surface area contributed by atoms with Crippen molar-refractivity contribution in [2.24, 2.45) is 0 Å². The van der Waals surface area contributed by atoms with Crippen molar-refractivity contribution >= 4 is 19.8 Å². The van der Waals surface area contributed by atoms with Crippen LogP contribution in [0.5, 0.6) is 0 Å². The lowest BCUT2D eigenvalue weighted by molar-refractivity contribution is -0.870. The number of rotatable bonds is 72. The first kappa shape index (κ1) is 90.4. The molecule has 0 spiro atoms. The van der Waals surface area contributed by atoms with Crippen molar-refractivity contribution in [2.45, 2.75) is 354 Å². The highest BCUT2D eigenvalue weighted by atomic mass is 31.2. The van der Waals surface area contributed by atoms with Crippen LogP contribution < -0.4 is 0 Å². The maximum atomic E-state index is 12.9. The number of quaternary nitrogens is 1. The SMILES string of the molecule is CC/C=C\C/C=C\C/C=C\C/C=C\C/C=C\C/C=C\C/C=C\C/C=C\C/C=C\C/C=C\CCCCCCCCCCC(=O)OC(COC(=O)CCCCCCCCCCCCCCCCCCCCCCCCCCCCCCCCC)COP(=O)(O)OCC[N+](C)(C)C. The molecule has 0 aromatic heterocycles. The monoisotopic (exact) mass is 1330 g/mol. The van der Waals surface area contributed by atoms with Crippen LogP contribution in [-0.4, -0.2) is 74.9 Å².